The van der Waals surface area contributed by atoms with Crippen molar-refractivity contribution >= 4 is 11.8 Å². The topological polar surface area (TPSA) is 49.4 Å². The van der Waals surface area contributed by atoms with E-state index < -0.39 is 5.54 Å². The number of carbonyl (C=O) groups excluding carboxylic acids is 2. The third-order valence-electron chi connectivity index (χ3n) is 5.66. The molecule has 0 aromatic heterocycles. The summed E-state index contributed by atoms with van der Waals surface area (Å²) in [7, 11) is 0. The standard InChI is InChI=1S/C17H28N2O2/c1-12-4-3-5-13(10-12)11-19-9-8-15(20)18-17(2,16(19)21)14-6-7-14/h12-14H,3-11H2,1-2H3,(H,18,20). The molecule has 1 saturated heterocycles. The Labute approximate surface area is 127 Å². The van der Waals surface area contributed by atoms with Gasteiger partial charge in [0.1, 0.15) is 5.54 Å². The molecule has 0 radical (unpaired) electrons. The Kier molecular flexibility index (Phi) is 3.98. The van der Waals surface area contributed by atoms with Crippen molar-refractivity contribution in [3.8, 4) is 0 Å². The molecule has 3 fully saturated rings. The highest BCUT2D eigenvalue weighted by Crippen LogP contribution is 2.41. The van der Waals surface area contributed by atoms with Crippen molar-refractivity contribution in [2.24, 2.45) is 17.8 Å². The summed E-state index contributed by atoms with van der Waals surface area (Å²) >= 11 is 0. The minimum atomic E-state index is -0.645. The van der Waals surface area contributed by atoms with Crippen LogP contribution < -0.4 is 5.32 Å². The second-order valence-corrected chi connectivity index (χ2v) is 7.66. The normalized spacial score (nSPS) is 38.1. The number of rotatable bonds is 3. The molecule has 118 valence electrons. The van der Waals surface area contributed by atoms with Gasteiger partial charge in [-0.2, -0.15) is 0 Å². The molecule has 3 rings (SSSR count). The molecule has 3 aliphatic rings. The summed E-state index contributed by atoms with van der Waals surface area (Å²) in [6.07, 6.45) is 7.65. The fourth-order valence-corrected chi connectivity index (χ4v) is 4.22. The van der Waals surface area contributed by atoms with E-state index in [0.29, 0.717) is 24.8 Å². The van der Waals surface area contributed by atoms with Gasteiger partial charge in [0.05, 0.1) is 0 Å². The van der Waals surface area contributed by atoms with Gasteiger partial charge in [0.2, 0.25) is 11.8 Å². The first-order valence-electron chi connectivity index (χ1n) is 8.59. The van der Waals surface area contributed by atoms with Crippen molar-refractivity contribution in [3.63, 3.8) is 0 Å². The van der Waals surface area contributed by atoms with Crippen molar-refractivity contribution in [1.82, 2.24) is 10.2 Å². The molecule has 1 aliphatic heterocycles. The van der Waals surface area contributed by atoms with Crippen molar-refractivity contribution in [2.75, 3.05) is 13.1 Å². The van der Waals surface area contributed by atoms with Crippen LogP contribution in [0.4, 0.5) is 0 Å². The van der Waals surface area contributed by atoms with Gasteiger partial charge in [0.15, 0.2) is 0 Å². The summed E-state index contributed by atoms with van der Waals surface area (Å²) in [4.78, 5) is 26.9. The zero-order chi connectivity index (χ0) is 15.0. The van der Waals surface area contributed by atoms with Crippen LogP contribution >= 0.6 is 0 Å². The van der Waals surface area contributed by atoms with Crippen LogP contribution in [-0.2, 0) is 9.59 Å². The van der Waals surface area contributed by atoms with E-state index in [4.69, 9.17) is 0 Å². The Bertz CT molecular complexity index is 433. The van der Waals surface area contributed by atoms with Crippen molar-refractivity contribution < 1.29 is 9.59 Å². The predicted molar refractivity (Wildman–Crippen MR) is 81.6 cm³/mol. The lowest BCUT2D eigenvalue weighted by Crippen LogP contribution is -2.57. The van der Waals surface area contributed by atoms with Crippen molar-refractivity contribution in [1.29, 1.82) is 0 Å². The first-order chi connectivity index (χ1) is 9.99. The zero-order valence-electron chi connectivity index (χ0n) is 13.4. The largest absolute Gasteiger partial charge is 0.342 e. The van der Waals surface area contributed by atoms with Gasteiger partial charge >= 0.3 is 0 Å². The highest BCUT2D eigenvalue weighted by molar-refractivity contribution is 5.93. The Morgan fingerprint density at radius 2 is 2.00 bits per heavy atom. The van der Waals surface area contributed by atoms with Crippen LogP contribution in [0, 0.1) is 17.8 Å². The second kappa shape index (κ2) is 5.62. The third-order valence-corrected chi connectivity index (χ3v) is 5.66. The molecule has 0 aromatic rings. The molecular formula is C17H28N2O2. The van der Waals surface area contributed by atoms with Gasteiger partial charge in [-0.25, -0.2) is 0 Å². The van der Waals surface area contributed by atoms with E-state index in [9.17, 15) is 9.59 Å². The quantitative estimate of drug-likeness (QED) is 0.868. The minimum Gasteiger partial charge on any atom is -0.342 e. The van der Waals surface area contributed by atoms with Gasteiger partial charge in [-0.3, -0.25) is 9.59 Å². The average molecular weight is 292 g/mol. The van der Waals surface area contributed by atoms with Gasteiger partial charge in [-0.1, -0.05) is 19.8 Å². The van der Waals surface area contributed by atoms with Crippen LogP contribution in [0.15, 0.2) is 0 Å². The predicted octanol–water partition coefficient (Wildman–Crippen LogP) is 2.33. The van der Waals surface area contributed by atoms with E-state index in [1.165, 1.54) is 25.7 Å². The molecule has 1 heterocycles. The number of carbonyl (C=O) groups is 2. The van der Waals surface area contributed by atoms with Crippen LogP contribution in [0.2, 0.25) is 0 Å². The molecule has 4 nitrogen and oxygen atoms in total. The fourth-order valence-electron chi connectivity index (χ4n) is 4.22. The summed E-state index contributed by atoms with van der Waals surface area (Å²) in [5.74, 6) is 1.95. The van der Waals surface area contributed by atoms with Gasteiger partial charge in [0, 0.05) is 19.5 Å². The van der Waals surface area contributed by atoms with Crippen LogP contribution in [0.1, 0.15) is 58.8 Å². The maximum atomic E-state index is 13.0. The van der Waals surface area contributed by atoms with E-state index in [1.54, 1.807) is 0 Å². The molecule has 2 aliphatic carbocycles. The molecule has 0 spiro atoms. The van der Waals surface area contributed by atoms with E-state index in [1.807, 2.05) is 11.8 Å². The highest BCUT2D eigenvalue weighted by atomic mass is 16.2. The summed E-state index contributed by atoms with van der Waals surface area (Å²) < 4.78 is 0. The van der Waals surface area contributed by atoms with E-state index >= 15 is 0 Å². The third kappa shape index (κ3) is 3.09. The SMILES string of the molecule is CC1CCCC(CN2CCC(=O)NC(C)(C3CC3)C2=O)C1. The van der Waals surface area contributed by atoms with Crippen LogP contribution in [-0.4, -0.2) is 35.3 Å². The Balaban J connectivity index is 1.71. The Hall–Kier alpha value is -1.06. The van der Waals surface area contributed by atoms with Crippen molar-refractivity contribution in [3.05, 3.63) is 0 Å². The van der Waals surface area contributed by atoms with Gasteiger partial charge < -0.3 is 10.2 Å². The Morgan fingerprint density at radius 3 is 2.67 bits per heavy atom. The highest BCUT2D eigenvalue weighted by Gasteiger charge is 2.51. The molecule has 2 amide bonds. The molecule has 1 N–H and O–H groups in total. The molecule has 4 heteroatoms. The van der Waals surface area contributed by atoms with Crippen LogP contribution in [0.25, 0.3) is 0 Å². The number of hydrogen-bond donors (Lipinski definition) is 1. The molecular weight excluding hydrogens is 264 g/mol. The summed E-state index contributed by atoms with van der Waals surface area (Å²) in [6, 6.07) is 0. The van der Waals surface area contributed by atoms with Gasteiger partial charge in [0.25, 0.3) is 0 Å². The maximum absolute atomic E-state index is 13.0. The molecule has 0 bridgehead atoms. The Morgan fingerprint density at radius 1 is 1.24 bits per heavy atom. The molecule has 21 heavy (non-hydrogen) atoms. The summed E-state index contributed by atoms with van der Waals surface area (Å²) in [5.41, 5.74) is -0.645. The maximum Gasteiger partial charge on any atom is 0.248 e. The monoisotopic (exact) mass is 292 g/mol. The number of nitrogens with one attached hydrogen (secondary N) is 1. The second-order valence-electron chi connectivity index (χ2n) is 7.66. The zero-order valence-corrected chi connectivity index (χ0v) is 13.4. The molecule has 3 atom stereocenters. The van der Waals surface area contributed by atoms with E-state index in [2.05, 4.69) is 12.2 Å². The van der Waals surface area contributed by atoms with E-state index in [-0.39, 0.29) is 11.8 Å². The number of hydrogen-bond acceptors (Lipinski definition) is 2. The van der Waals surface area contributed by atoms with E-state index in [0.717, 1.165) is 25.3 Å². The van der Waals surface area contributed by atoms with Crippen LogP contribution in [0.5, 0.6) is 0 Å². The molecule has 0 aromatic carbocycles. The number of amides is 2. The first-order valence-corrected chi connectivity index (χ1v) is 8.59. The lowest BCUT2D eigenvalue weighted by atomic mass is 9.82. The van der Waals surface area contributed by atoms with Gasteiger partial charge in [-0.05, 0) is 50.4 Å². The first kappa shape index (κ1) is 14.9. The lowest BCUT2D eigenvalue weighted by Gasteiger charge is -2.36. The molecule has 2 saturated carbocycles. The van der Waals surface area contributed by atoms with Crippen molar-refractivity contribution in [2.45, 2.75) is 64.3 Å². The fraction of sp³-hybridized carbons (Fsp3) is 0.882. The number of nitrogens with zero attached hydrogens (tertiary/aromatic N) is 1. The lowest BCUT2D eigenvalue weighted by molar-refractivity contribution is -0.139. The van der Waals surface area contributed by atoms with Gasteiger partial charge in [-0.15, -0.1) is 0 Å². The molecule has 3 unspecified atom stereocenters. The summed E-state index contributed by atoms with van der Waals surface area (Å²) in [5, 5.41) is 3.01. The smallest absolute Gasteiger partial charge is 0.248 e. The minimum absolute atomic E-state index is 0.0391. The summed E-state index contributed by atoms with van der Waals surface area (Å²) in [6.45, 7) is 5.70. The van der Waals surface area contributed by atoms with Crippen LogP contribution in [0.3, 0.4) is 0 Å². The average Bonchev–Trinajstić information content (AvgIpc) is 3.26.